The lowest BCUT2D eigenvalue weighted by Gasteiger charge is -2.25. The van der Waals surface area contributed by atoms with Crippen molar-refractivity contribution in [2.24, 2.45) is 0 Å². The number of phenols is 5. The molecule has 1 aromatic heterocycles. The van der Waals surface area contributed by atoms with Crippen molar-refractivity contribution in [3.63, 3.8) is 0 Å². The third-order valence-corrected chi connectivity index (χ3v) is 6.55. The third-order valence-electron chi connectivity index (χ3n) is 6.55. The van der Waals surface area contributed by atoms with Gasteiger partial charge in [0.2, 0.25) is 0 Å². The van der Waals surface area contributed by atoms with Crippen LogP contribution >= 0.6 is 0 Å². The third kappa shape index (κ3) is 3.17. The van der Waals surface area contributed by atoms with Gasteiger partial charge in [-0.3, -0.25) is 0 Å². The van der Waals surface area contributed by atoms with Crippen molar-refractivity contribution in [1.29, 1.82) is 0 Å². The average Bonchev–Trinajstić information content (AvgIpc) is 3.15. The van der Waals surface area contributed by atoms with E-state index in [1.54, 1.807) is 24.3 Å². The van der Waals surface area contributed by atoms with Crippen LogP contribution in [0.5, 0.6) is 28.7 Å². The molecule has 1 heterocycles. The van der Waals surface area contributed by atoms with Gasteiger partial charge < -0.3 is 35.1 Å². The van der Waals surface area contributed by atoms with Gasteiger partial charge in [-0.05, 0) is 65.2 Å². The second kappa shape index (κ2) is 7.44. The van der Waals surface area contributed by atoms with E-state index >= 15 is 0 Å². The molecule has 0 amide bonds. The Hall–Kier alpha value is -4.62. The maximum Gasteiger partial charge on any atom is 0.143 e. The molecule has 174 valence electrons. The molecule has 1 aliphatic carbocycles. The second-order valence-electron chi connectivity index (χ2n) is 8.70. The van der Waals surface area contributed by atoms with Gasteiger partial charge in [0, 0.05) is 40.1 Å². The first-order valence-corrected chi connectivity index (χ1v) is 10.9. The molecular weight excluding hydrogens is 448 g/mol. The molecule has 35 heavy (non-hydrogen) atoms. The standard InChI is InChI=1S/C28H20O7/c29-15-5-1-13(2-6-15)23-24-19(9-17(31)11-21(24)33)26-25-20(27(23)34)10-18(32)12-22(25)35-28(26)14-3-7-16(30)8-4-14/h1-12,23,27,29-34H. The van der Waals surface area contributed by atoms with Crippen molar-refractivity contribution < 1.29 is 35.1 Å². The summed E-state index contributed by atoms with van der Waals surface area (Å²) in [6.45, 7) is 0. The zero-order valence-electron chi connectivity index (χ0n) is 18.2. The lowest BCUT2D eigenvalue weighted by Crippen LogP contribution is -2.12. The first-order valence-electron chi connectivity index (χ1n) is 10.9. The maximum atomic E-state index is 11.7. The van der Waals surface area contributed by atoms with Gasteiger partial charge in [0.1, 0.15) is 40.1 Å². The van der Waals surface area contributed by atoms with E-state index < -0.39 is 12.0 Å². The molecule has 0 aliphatic heterocycles. The van der Waals surface area contributed by atoms with Crippen LogP contribution in [0.3, 0.4) is 0 Å². The summed E-state index contributed by atoms with van der Waals surface area (Å²) in [5, 5.41) is 63.8. The van der Waals surface area contributed by atoms with E-state index in [2.05, 4.69) is 0 Å². The van der Waals surface area contributed by atoms with Gasteiger partial charge in [-0.1, -0.05) is 12.1 Å². The molecule has 7 nitrogen and oxygen atoms in total. The lowest BCUT2D eigenvalue weighted by molar-refractivity contribution is 0.159. The Kier molecular flexibility index (Phi) is 4.46. The quantitative estimate of drug-likeness (QED) is 0.202. The van der Waals surface area contributed by atoms with Crippen LogP contribution in [-0.2, 0) is 0 Å². The van der Waals surface area contributed by atoms with Crippen molar-refractivity contribution in [3.8, 4) is 51.2 Å². The minimum Gasteiger partial charge on any atom is -0.508 e. The summed E-state index contributed by atoms with van der Waals surface area (Å²) < 4.78 is 6.17. The molecule has 0 saturated carbocycles. The van der Waals surface area contributed by atoms with Gasteiger partial charge in [0.15, 0.2) is 0 Å². The number of hydrogen-bond acceptors (Lipinski definition) is 7. The largest absolute Gasteiger partial charge is 0.508 e. The molecule has 4 aromatic carbocycles. The summed E-state index contributed by atoms with van der Waals surface area (Å²) in [6, 6.07) is 18.3. The molecule has 0 bridgehead atoms. The first-order chi connectivity index (χ1) is 16.8. The molecule has 0 saturated heterocycles. The van der Waals surface area contributed by atoms with Crippen molar-refractivity contribution in [3.05, 3.63) is 89.5 Å². The zero-order valence-corrected chi connectivity index (χ0v) is 18.2. The van der Waals surface area contributed by atoms with E-state index in [9.17, 15) is 30.6 Å². The summed E-state index contributed by atoms with van der Waals surface area (Å²) in [6.07, 6.45) is -1.21. The Balaban J connectivity index is 1.77. The molecule has 5 aromatic rings. The van der Waals surface area contributed by atoms with E-state index in [0.717, 1.165) is 0 Å². The number of rotatable bonds is 2. The maximum absolute atomic E-state index is 11.7. The number of benzene rings is 4. The molecule has 1 aliphatic rings. The molecule has 2 unspecified atom stereocenters. The van der Waals surface area contributed by atoms with E-state index in [1.165, 1.54) is 48.5 Å². The van der Waals surface area contributed by atoms with Crippen LogP contribution in [0, 0.1) is 0 Å². The fourth-order valence-electron chi connectivity index (χ4n) is 5.08. The average molecular weight is 468 g/mol. The smallest absolute Gasteiger partial charge is 0.143 e. The van der Waals surface area contributed by atoms with Crippen LogP contribution in [0.2, 0.25) is 0 Å². The second-order valence-corrected chi connectivity index (χ2v) is 8.70. The SMILES string of the molecule is Oc1ccc(-c2oc3cc(O)cc4c3c2-c2cc(O)cc(O)c2C(c2ccc(O)cc2)C4O)cc1. The highest BCUT2D eigenvalue weighted by molar-refractivity contribution is 6.06. The Labute approximate surface area is 199 Å². The van der Waals surface area contributed by atoms with Crippen LogP contribution in [0.1, 0.15) is 28.7 Å². The Morgan fingerprint density at radius 2 is 1.29 bits per heavy atom. The van der Waals surface area contributed by atoms with Gasteiger partial charge in [-0.25, -0.2) is 0 Å². The van der Waals surface area contributed by atoms with Crippen LogP contribution < -0.4 is 0 Å². The highest BCUT2D eigenvalue weighted by atomic mass is 16.3. The number of fused-ring (bicyclic) bond motifs is 2. The zero-order chi connectivity index (χ0) is 24.4. The van der Waals surface area contributed by atoms with Crippen LogP contribution in [-0.4, -0.2) is 30.6 Å². The van der Waals surface area contributed by atoms with E-state index in [0.29, 0.717) is 50.1 Å². The van der Waals surface area contributed by atoms with Crippen LogP contribution in [0.4, 0.5) is 0 Å². The minimum absolute atomic E-state index is 0.0528. The topological polar surface area (TPSA) is 135 Å². The predicted molar refractivity (Wildman–Crippen MR) is 129 cm³/mol. The molecule has 0 fully saturated rings. The fraction of sp³-hybridized carbons (Fsp3) is 0.0714. The molecule has 2 atom stereocenters. The van der Waals surface area contributed by atoms with Gasteiger partial charge in [0.25, 0.3) is 0 Å². The number of hydrogen-bond donors (Lipinski definition) is 6. The predicted octanol–water partition coefficient (Wildman–Crippen LogP) is 5.47. The molecule has 6 N–H and O–H groups in total. The number of aliphatic hydroxyl groups excluding tert-OH is 1. The highest BCUT2D eigenvalue weighted by Gasteiger charge is 2.38. The van der Waals surface area contributed by atoms with Crippen LogP contribution in [0.15, 0.2) is 77.2 Å². The molecule has 0 radical (unpaired) electrons. The van der Waals surface area contributed by atoms with Crippen molar-refractivity contribution in [2.75, 3.05) is 0 Å². The van der Waals surface area contributed by atoms with Crippen molar-refractivity contribution in [1.82, 2.24) is 0 Å². The molecule has 0 spiro atoms. The van der Waals surface area contributed by atoms with E-state index in [4.69, 9.17) is 4.42 Å². The van der Waals surface area contributed by atoms with E-state index in [1.807, 2.05) is 0 Å². The summed E-state index contributed by atoms with van der Waals surface area (Å²) in [4.78, 5) is 0. The fourth-order valence-corrected chi connectivity index (χ4v) is 5.08. The molecule has 7 heteroatoms. The number of furan rings is 1. The Morgan fingerprint density at radius 3 is 1.97 bits per heavy atom. The molecular formula is C28H20O7. The number of aliphatic hydroxyl groups is 1. The number of aromatic hydroxyl groups is 5. The lowest BCUT2D eigenvalue weighted by atomic mass is 9.82. The highest BCUT2D eigenvalue weighted by Crippen LogP contribution is 2.56. The Bertz CT molecular complexity index is 1600. The molecule has 6 rings (SSSR count). The van der Waals surface area contributed by atoms with Gasteiger partial charge in [0.05, 0.1) is 6.10 Å². The summed E-state index contributed by atoms with van der Waals surface area (Å²) in [5.41, 5.74) is 3.27. The van der Waals surface area contributed by atoms with Crippen molar-refractivity contribution >= 4 is 11.0 Å². The van der Waals surface area contributed by atoms with E-state index in [-0.39, 0.29) is 28.7 Å². The minimum atomic E-state index is -1.21. The van der Waals surface area contributed by atoms with Gasteiger partial charge in [-0.2, -0.15) is 0 Å². The monoisotopic (exact) mass is 468 g/mol. The summed E-state index contributed by atoms with van der Waals surface area (Å²) in [7, 11) is 0. The Morgan fingerprint density at radius 1 is 0.657 bits per heavy atom. The van der Waals surface area contributed by atoms with Crippen LogP contribution in [0.25, 0.3) is 33.4 Å². The van der Waals surface area contributed by atoms with Gasteiger partial charge >= 0.3 is 0 Å². The summed E-state index contributed by atoms with van der Waals surface area (Å²) in [5.74, 6) is -0.780. The van der Waals surface area contributed by atoms with Gasteiger partial charge in [-0.15, -0.1) is 0 Å². The number of phenolic OH excluding ortho intramolecular Hbond substituents is 5. The first kappa shape index (κ1) is 20.9. The van der Waals surface area contributed by atoms with Crippen molar-refractivity contribution in [2.45, 2.75) is 12.0 Å². The summed E-state index contributed by atoms with van der Waals surface area (Å²) >= 11 is 0. The normalized spacial score (nSPS) is 16.7.